The Bertz CT molecular complexity index is 844. The zero-order valence-corrected chi connectivity index (χ0v) is 21.9. The number of aliphatic imine (C=N–C) groups is 1. The number of unbranched alkanes of at least 4 members (excludes halogenated alkanes) is 5. The summed E-state index contributed by atoms with van der Waals surface area (Å²) in [5, 5.41) is 0. The van der Waals surface area contributed by atoms with Crippen molar-refractivity contribution < 1.29 is 9.53 Å². The molecule has 0 bridgehead atoms. The average Bonchev–Trinajstić information content (AvgIpc) is 2.82. The van der Waals surface area contributed by atoms with E-state index in [4.69, 9.17) is 4.74 Å². The second-order valence-electron chi connectivity index (χ2n) is 9.99. The van der Waals surface area contributed by atoms with Gasteiger partial charge in [0.25, 0.3) is 5.91 Å². The van der Waals surface area contributed by atoms with Gasteiger partial charge in [-0.15, -0.1) is 0 Å². The van der Waals surface area contributed by atoms with Crippen LogP contribution in [0, 0.1) is 11.8 Å². The van der Waals surface area contributed by atoms with Gasteiger partial charge in [-0.2, -0.15) is 0 Å². The molecule has 34 heavy (non-hydrogen) atoms. The summed E-state index contributed by atoms with van der Waals surface area (Å²) in [6, 6.07) is 15.6. The van der Waals surface area contributed by atoms with Crippen LogP contribution in [-0.2, 0) is 0 Å². The molecule has 4 nitrogen and oxygen atoms in total. The Labute approximate surface area is 207 Å². The molecule has 0 aliphatic carbocycles. The molecule has 0 atom stereocenters. The zero-order valence-electron chi connectivity index (χ0n) is 21.9. The second kappa shape index (κ2) is 15.3. The molecule has 4 heteroatoms. The highest BCUT2D eigenvalue weighted by molar-refractivity contribution is 5.95. The average molecular weight is 465 g/mol. The number of hydrogen-bond donors (Lipinski definition) is 0. The molecule has 0 aromatic heterocycles. The van der Waals surface area contributed by atoms with Gasteiger partial charge in [0, 0.05) is 24.9 Å². The molecule has 186 valence electrons. The lowest BCUT2D eigenvalue weighted by Gasteiger charge is -2.26. The molecule has 0 spiro atoms. The summed E-state index contributed by atoms with van der Waals surface area (Å²) in [5.41, 5.74) is 2.58. The maximum Gasteiger partial charge on any atom is 0.253 e. The topological polar surface area (TPSA) is 41.9 Å². The van der Waals surface area contributed by atoms with E-state index in [2.05, 4.69) is 39.6 Å². The van der Waals surface area contributed by atoms with E-state index in [-0.39, 0.29) is 5.91 Å². The molecular weight excluding hydrogens is 420 g/mol. The highest BCUT2D eigenvalue weighted by atomic mass is 16.5. The van der Waals surface area contributed by atoms with Crippen molar-refractivity contribution in [2.75, 3.05) is 19.7 Å². The normalized spacial score (nSPS) is 11.5. The number of benzene rings is 2. The standard InChI is InChI=1S/C30H44N2O2/c1-6-7-8-9-10-11-20-34-29-18-16-28(17-19-29)31-21-26-12-14-27(15-13-26)30(33)32(22-24(2)3)23-25(4)5/h12-19,21,24-25H,6-11,20,22-23H2,1-5H3. The maximum atomic E-state index is 13.0. The van der Waals surface area contributed by atoms with Gasteiger partial charge in [0.1, 0.15) is 5.75 Å². The molecule has 2 aromatic rings. The highest BCUT2D eigenvalue weighted by Crippen LogP contribution is 2.19. The van der Waals surface area contributed by atoms with E-state index in [0.717, 1.165) is 48.7 Å². The number of amides is 1. The van der Waals surface area contributed by atoms with Crippen LogP contribution in [0.1, 0.15) is 89.1 Å². The molecular formula is C30H44N2O2. The summed E-state index contributed by atoms with van der Waals surface area (Å²) in [4.78, 5) is 19.5. The van der Waals surface area contributed by atoms with Gasteiger partial charge in [-0.05, 0) is 60.2 Å². The quantitative estimate of drug-likeness (QED) is 0.198. The summed E-state index contributed by atoms with van der Waals surface area (Å²) in [5.74, 6) is 1.88. The van der Waals surface area contributed by atoms with E-state index in [1.54, 1.807) is 0 Å². The van der Waals surface area contributed by atoms with E-state index < -0.39 is 0 Å². The molecule has 0 saturated carbocycles. The Morgan fingerprint density at radius 2 is 1.44 bits per heavy atom. The van der Waals surface area contributed by atoms with Crippen LogP contribution in [0.5, 0.6) is 5.75 Å². The van der Waals surface area contributed by atoms with Crippen molar-refractivity contribution in [3.8, 4) is 5.75 Å². The summed E-state index contributed by atoms with van der Waals surface area (Å²) in [6.07, 6.45) is 9.42. The van der Waals surface area contributed by atoms with Crippen LogP contribution >= 0.6 is 0 Å². The number of carbonyl (C=O) groups is 1. The molecule has 0 saturated heterocycles. The number of rotatable bonds is 15. The molecule has 2 aromatic carbocycles. The van der Waals surface area contributed by atoms with E-state index in [1.165, 1.54) is 32.1 Å². The van der Waals surface area contributed by atoms with E-state index >= 15 is 0 Å². The number of carbonyl (C=O) groups excluding carboxylic acids is 1. The van der Waals surface area contributed by atoms with Crippen molar-refractivity contribution in [1.82, 2.24) is 4.90 Å². The van der Waals surface area contributed by atoms with Gasteiger partial charge < -0.3 is 9.64 Å². The molecule has 0 aliphatic heterocycles. The van der Waals surface area contributed by atoms with Crippen LogP contribution < -0.4 is 4.74 Å². The molecule has 0 aliphatic rings. The largest absolute Gasteiger partial charge is 0.494 e. The van der Waals surface area contributed by atoms with Gasteiger partial charge in [-0.1, -0.05) is 78.9 Å². The van der Waals surface area contributed by atoms with E-state index in [0.29, 0.717) is 11.8 Å². The minimum atomic E-state index is 0.0995. The first-order valence-electron chi connectivity index (χ1n) is 13.0. The van der Waals surface area contributed by atoms with Gasteiger partial charge in [-0.3, -0.25) is 9.79 Å². The highest BCUT2D eigenvalue weighted by Gasteiger charge is 2.17. The molecule has 0 heterocycles. The van der Waals surface area contributed by atoms with Crippen molar-refractivity contribution in [3.63, 3.8) is 0 Å². The van der Waals surface area contributed by atoms with E-state index in [9.17, 15) is 4.79 Å². The first-order chi connectivity index (χ1) is 16.4. The number of nitrogens with zero attached hydrogens (tertiary/aromatic N) is 2. The lowest BCUT2D eigenvalue weighted by atomic mass is 10.1. The smallest absolute Gasteiger partial charge is 0.253 e. The van der Waals surface area contributed by atoms with Gasteiger partial charge in [0.05, 0.1) is 12.3 Å². The summed E-state index contributed by atoms with van der Waals surface area (Å²) in [6.45, 7) is 13.2. The fourth-order valence-electron chi connectivity index (χ4n) is 3.87. The van der Waals surface area contributed by atoms with Gasteiger partial charge in [0.15, 0.2) is 0 Å². The third-order valence-electron chi connectivity index (χ3n) is 5.58. The predicted octanol–water partition coefficient (Wildman–Crippen LogP) is 7.93. The van der Waals surface area contributed by atoms with Crippen LogP contribution in [0.25, 0.3) is 0 Å². The second-order valence-corrected chi connectivity index (χ2v) is 9.99. The van der Waals surface area contributed by atoms with Crippen molar-refractivity contribution in [1.29, 1.82) is 0 Å². The molecule has 0 N–H and O–H groups in total. The Balaban J connectivity index is 1.85. The zero-order chi connectivity index (χ0) is 24.8. The third-order valence-corrected chi connectivity index (χ3v) is 5.58. The van der Waals surface area contributed by atoms with Gasteiger partial charge in [0.2, 0.25) is 0 Å². The molecule has 2 rings (SSSR count). The number of ether oxygens (including phenoxy) is 1. The molecule has 1 amide bonds. The van der Waals surface area contributed by atoms with Crippen LogP contribution in [0.15, 0.2) is 53.5 Å². The summed E-state index contributed by atoms with van der Waals surface area (Å²) in [7, 11) is 0. The van der Waals surface area contributed by atoms with Crippen LogP contribution in [0.4, 0.5) is 5.69 Å². The lowest BCUT2D eigenvalue weighted by molar-refractivity contribution is 0.0715. The third kappa shape index (κ3) is 10.5. The van der Waals surface area contributed by atoms with Crippen LogP contribution in [0.2, 0.25) is 0 Å². The van der Waals surface area contributed by atoms with Crippen LogP contribution in [-0.4, -0.2) is 36.7 Å². The Morgan fingerprint density at radius 1 is 0.853 bits per heavy atom. The Hall–Kier alpha value is -2.62. The van der Waals surface area contributed by atoms with Crippen molar-refractivity contribution in [2.24, 2.45) is 16.8 Å². The van der Waals surface area contributed by atoms with E-state index in [1.807, 2.05) is 59.6 Å². The molecule has 0 radical (unpaired) electrons. The van der Waals surface area contributed by atoms with Crippen molar-refractivity contribution in [2.45, 2.75) is 73.1 Å². The minimum Gasteiger partial charge on any atom is -0.494 e. The first kappa shape index (κ1) is 27.6. The Kier molecular flexibility index (Phi) is 12.4. The minimum absolute atomic E-state index is 0.0995. The first-order valence-corrected chi connectivity index (χ1v) is 13.0. The fourth-order valence-corrected chi connectivity index (χ4v) is 3.87. The van der Waals surface area contributed by atoms with Gasteiger partial charge in [-0.25, -0.2) is 0 Å². The predicted molar refractivity (Wildman–Crippen MR) is 145 cm³/mol. The SMILES string of the molecule is CCCCCCCCOc1ccc(N=Cc2ccc(C(=O)N(CC(C)C)CC(C)C)cc2)cc1. The summed E-state index contributed by atoms with van der Waals surface area (Å²) >= 11 is 0. The lowest BCUT2D eigenvalue weighted by Crippen LogP contribution is -2.37. The summed E-state index contributed by atoms with van der Waals surface area (Å²) < 4.78 is 5.85. The fraction of sp³-hybridized carbons (Fsp3) is 0.533. The van der Waals surface area contributed by atoms with Crippen molar-refractivity contribution in [3.05, 3.63) is 59.7 Å². The Morgan fingerprint density at radius 3 is 2.03 bits per heavy atom. The monoisotopic (exact) mass is 464 g/mol. The van der Waals surface area contributed by atoms with Crippen LogP contribution in [0.3, 0.4) is 0 Å². The molecule has 0 fully saturated rings. The van der Waals surface area contributed by atoms with Crippen molar-refractivity contribution >= 4 is 17.8 Å². The maximum absolute atomic E-state index is 13.0. The van der Waals surface area contributed by atoms with Gasteiger partial charge >= 0.3 is 0 Å². The number of hydrogen-bond acceptors (Lipinski definition) is 3. The molecule has 0 unspecified atom stereocenters.